The zero-order chi connectivity index (χ0) is 20.5. The molecule has 3 rings (SSSR count). The number of hydrogen-bond donors (Lipinski definition) is 1. The van der Waals surface area contributed by atoms with Crippen LogP contribution in [-0.2, 0) is 12.7 Å². The summed E-state index contributed by atoms with van der Waals surface area (Å²) in [5.74, 6) is -1.42. The molecule has 0 saturated carbocycles. The Bertz CT molecular complexity index is 996. The molecular weight excluding hydrogens is 382 g/mol. The highest BCUT2D eigenvalue weighted by molar-refractivity contribution is 5.95. The number of rotatable bonds is 5. The molecule has 3 aromatic rings. The summed E-state index contributed by atoms with van der Waals surface area (Å²) >= 11 is 0. The number of nitrogens with zero attached hydrogens (tertiary/aromatic N) is 4. The molecule has 0 fully saturated rings. The van der Waals surface area contributed by atoms with Crippen LogP contribution in [0.4, 0.5) is 17.6 Å². The first-order valence-corrected chi connectivity index (χ1v) is 8.24. The molecule has 7 nitrogen and oxygen atoms in total. The van der Waals surface area contributed by atoms with Crippen molar-refractivity contribution in [2.45, 2.75) is 32.6 Å². The Kier molecular flexibility index (Phi) is 5.16. The smallest absolute Gasteiger partial charge is 0.340 e. The summed E-state index contributed by atoms with van der Waals surface area (Å²) in [6.45, 7) is 3.24. The fourth-order valence-electron chi connectivity index (χ4n) is 2.45. The van der Waals surface area contributed by atoms with E-state index in [1.54, 1.807) is 13.0 Å². The highest BCUT2D eigenvalue weighted by Crippen LogP contribution is 2.31. The summed E-state index contributed by atoms with van der Waals surface area (Å²) < 4.78 is 58.7. The van der Waals surface area contributed by atoms with E-state index >= 15 is 0 Å². The van der Waals surface area contributed by atoms with Crippen molar-refractivity contribution in [3.8, 4) is 11.4 Å². The van der Waals surface area contributed by atoms with Crippen molar-refractivity contribution in [3.63, 3.8) is 0 Å². The van der Waals surface area contributed by atoms with Crippen molar-refractivity contribution in [1.82, 2.24) is 25.2 Å². The number of amides is 1. The summed E-state index contributed by atoms with van der Waals surface area (Å²) in [7, 11) is 0. The van der Waals surface area contributed by atoms with Crippen LogP contribution in [0.5, 0.6) is 0 Å². The van der Waals surface area contributed by atoms with Gasteiger partial charge in [-0.25, -0.2) is 4.39 Å². The van der Waals surface area contributed by atoms with Gasteiger partial charge in [-0.1, -0.05) is 17.3 Å². The van der Waals surface area contributed by atoms with Crippen molar-refractivity contribution in [1.29, 1.82) is 0 Å². The highest BCUT2D eigenvalue weighted by atomic mass is 19.4. The molecule has 0 aliphatic carbocycles. The average molecular weight is 397 g/mol. The van der Waals surface area contributed by atoms with E-state index in [1.807, 2.05) is 0 Å². The minimum absolute atomic E-state index is 0.0379. The third-order valence-corrected chi connectivity index (χ3v) is 3.84. The van der Waals surface area contributed by atoms with Gasteiger partial charge in [0.2, 0.25) is 11.7 Å². The van der Waals surface area contributed by atoms with E-state index in [-0.39, 0.29) is 18.3 Å². The Hall–Kier alpha value is -3.24. The standard InChI is InChI=1S/C17H15F4N5O2/c1-3-26-8-12(13(24-26)17(19,20)21)15(27)22-9(2)16-23-14(25-28-16)10-5-4-6-11(18)7-10/h4-9H,3H2,1-2H3,(H,22,27)/t9-/m0/s1. The van der Waals surface area contributed by atoms with E-state index in [0.29, 0.717) is 5.56 Å². The van der Waals surface area contributed by atoms with Crippen LogP contribution in [0.15, 0.2) is 35.0 Å². The predicted molar refractivity (Wildman–Crippen MR) is 88.5 cm³/mol. The van der Waals surface area contributed by atoms with Gasteiger partial charge in [-0.15, -0.1) is 0 Å². The zero-order valence-corrected chi connectivity index (χ0v) is 14.8. The Morgan fingerprint density at radius 1 is 1.36 bits per heavy atom. The van der Waals surface area contributed by atoms with Crippen molar-refractivity contribution in [3.05, 3.63) is 53.4 Å². The number of aryl methyl sites for hydroxylation is 1. The molecule has 148 valence electrons. The third kappa shape index (κ3) is 4.02. The second kappa shape index (κ2) is 7.41. The molecule has 0 radical (unpaired) electrons. The van der Waals surface area contributed by atoms with Crippen molar-refractivity contribution >= 4 is 5.91 Å². The summed E-state index contributed by atoms with van der Waals surface area (Å²) in [6, 6.07) is 4.61. The summed E-state index contributed by atoms with van der Waals surface area (Å²) in [4.78, 5) is 16.4. The van der Waals surface area contributed by atoms with E-state index < -0.39 is 35.2 Å². The van der Waals surface area contributed by atoms with Crippen LogP contribution in [0, 0.1) is 5.82 Å². The molecule has 0 bridgehead atoms. The van der Waals surface area contributed by atoms with Gasteiger partial charge in [0.15, 0.2) is 5.69 Å². The van der Waals surface area contributed by atoms with Crippen molar-refractivity contribution in [2.24, 2.45) is 0 Å². The number of aromatic nitrogens is 4. The lowest BCUT2D eigenvalue weighted by Crippen LogP contribution is -2.28. The number of carbonyl (C=O) groups excluding carboxylic acids is 1. The molecule has 0 aliphatic rings. The predicted octanol–water partition coefficient (Wildman–Crippen LogP) is 3.60. The van der Waals surface area contributed by atoms with E-state index in [4.69, 9.17) is 4.52 Å². The summed E-state index contributed by atoms with van der Waals surface area (Å²) in [5, 5.41) is 9.48. The maximum atomic E-state index is 13.3. The van der Waals surface area contributed by atoms with Crippen molar-refractivity contribution in [2.75, 3.05) is 0 Å². The number of alkyl halides is 3. The van der Waals surface area contributed by atoms with Gasteiger partial charge in [0.1, 0.15) is 11.9 Å². The molecule has 1 atom stereocenters. The molecule has 2 aromatic heterocycles. The lowest BCUT2D eigenvalue weighted by atomic mass is 10.2. The van der Waals surface area contributed by atoms with Crippen LogP contribution in [-0.4, -0.2) is 25.8 Å². The average Bonchev–Trinajstić information content (AvgIpc) is 3.28. The second-order valence-electron chi connectivity index (χ2n) is 5.91. The first kappa shape index (κ1) is 19.5. The van der Waals surface area contributed by atoms with Crippen LogP contribution >= 0.6 is 0 Å². The van der Waals surface area contributed by atoms with Gasteiger partial charge in [0.05, 0.1) is 5.56 Å². The van der Waals surface area contributed by atoms with E-state index in [1.165, 1.54) is 25.1 Å². The minimum Gasteiger partial charge on any atom is -0.340 e. The van der Waals surface area contributed by atoms with E-state index in [0.717, 1.165) is 10.9 Å². The van der Waals surface area contributed by atoms with Gasteiger partial charge in [0.25, 0.3) is 5.91 Å². The molecular formula is C17H15F4N5O2. The monoisotopic (exact) mass is 397 g/mol. The molecule has 0 spiro atoms. The Morgan fingerprint density at radius 3 is 2.75 bits per heavy atom. The molecule has 1 aromatic carbocycles. The quantitative estimate of drug-likeness (QED) is 0.665. The lowest BCUT2D eigenvalue weighted by Gasteiger charge is -2.10. The second-order valence-corrected chi connectivity index (χ2v) is 5.91. The molecule has 0 saturated heterocycles. The van der Waals surface area contributed by atoms with Gasteiger partial charge in [-0.3, -0.25) is 9.48 Å². The van der Waals surface area contributed by atoms with E-state index in [2.05, 4.69) is 20.6 Å². The van der Waals surface area contributed by atoms with Crippen LogP contribution in [0.1, 0.15) is 41.8 Å². The lowest BCUT2D eigenvalue weighted by molar-refractivity contribution is -0.141. The first-order chi connectivity index (χ1) is 13.2. The third-order valence-electron chi connectivity index (χ3n) is 3.84. The summed E-state index contributed by atoms with van der Waals surface area (Å²) in [5.41, 5.74) is -1.52. The molecule has 28 heavy (non-hydrogen) atoms. The molecule has 0 aliphatic heterocycles. The molecule has 11 heteroatoms. The Morgan fingerprint density at radius 2 is 2.11 bits per heavy atom. The van der Waals surface area contributed by atoms with Crippen LogP contribution in [0.3, 0.4) is 0 Å². The van der Waals surface area contributed by atoms with Crippen LogP contribution in [0.2, 0.25) is 0 Å². The summed E-state index contributed by atoms with van der Waals surface area (Å²) in [6.07, 6.45) is -3.75. The number of nitrogens with one attached hydrogen (secondary N) is 1. The normalized spacial score (nSPS) is 12.8. The maximum Gasteiger partial charge on any atom is 0.435 e. The van der Waals surface area contributed by atoms with E-state index in [9.17, 15) is 22.4 Å². The number of carbonyl (C=O) groups is 1. The largest absolute Gasteiger partial charge is 0.435 e. The van der Waals surface area contributed by atoms with Gasteiger partial charge in [0, 0.05) is 18.3 Å². The van der Waals surface area contributed by atoms with Crippen LogP contribution < -0.4 is 5.32 Å². The fourth-order valence-corrected chi connectivity index (χ4v) is 2.45. The fraction of sp³-hybridized carbons (Fsp3) is 0.294. The van der Waals surface area contributed by atoms with Gasteiger partial charge >= 0.3 is 6.18 Å². The SMILES string of the molecule is CCn1cc(C(=O)N[C@@H](C)c2nc(-c3cccc(F)c3)no2)c(C(F)(F)F)n1. The zero-order valence-electron chi connectivity index (χ0n) is 14.8. The maximum absolute atomic E-state index is 13.3. The van der Waals surface area contributed by atoms with Crippen molar-refractivity contribution < 1.29 is 26.9 Å². The molecule has 1 N–H and O–H groups in total. The van der Waals surface area contributed by atoms with Crippen LogP contribution in [0.25, 0.3) is 11.4 Å². The number of hydrogen-bond acceptors (Lipinski definition) is 5. The highest BCUT2D eigenvalue weighted by Gasteiger charge is 2.39. The Labute approximate surface area is 156 Å². The van der Waals surface area contributed by atoms with Gasteiger partial charge < -0.3 is 9.84 Å². The van der Waals surface area contributed by atoms with Gasteiger partial charge in [-0.05, 0) is 26.0 Å². The minimum atomic E-state index is -4.77. The first-order valence-electron chi connectivity index (χ1n) is 8.24. The number of halogens is 4. The van der Waals surface area contributed by atoms with Gasteiger partial charge in [-0.2, -0.15) is 23.3 Å². The molecule has 1 amide bonds. The number of benzene rings is 1. The topological polar surface area (TPSA) is 85.8 Å². The Balaban J connectivity index is 1.79. The molecule has 2 heterocycles. The molecule has 0 unspecified atom stereocenters.